The van der Waals surface area contributed by atoms with E-state index in [9.17, 15) is 9.18 Å². The second-order valence-electron chi connectivity index (χ2n) is 6.19. The van der Waals surface area contributed by atoms with E-state index in [0.717, 1.165) is 12.8 Å². The molecule has 1 aliphatic carbocycles. The fraction of sp³-hybridized carbons (Fsp3) is 0.611. The number of hydrogen-bond acceptors (Lipinski definition) is 4. The summed E-state index contributed by atoms with van der Waals surface area (Å²) in [5.74, 6) is 0.0297. The number of hydrogen-bond donors (Lipinski definition) is 0. The van der Waals surface area contributed by atoms with Gasteiger partial charge >= 0.3 is 0 Å². The number of halogens is 1. The maximum atomic E-state index is 13.3. The zero-order valence-electron chi connectivity index (χ0n) is 14.2. The van der Waals surface area contributed by atoms with Crippen molar-refractivity contribution in [3.63, 3.8) is 0 Å². The van der Waals surface area contributed by atoms with Crippen LogP contribution in [-0.4, -0.2) is 55.9 Å². The molecule has 1 aromatic rings. The molecule has 1 amide bonds. The summed E-state index contributed by atoms with van der Waals surface area (Å²) >= 11 is 0. The van der Waals surface area contributed by atoms with Gasteiger partial charge in [0.2, 0.25) is 5.91 Å². The van der Waals surface area contributed by atoms with Gasteiger partial charge in [-0.05, 0) is 25.8 Å². The third-order valence-corrected chi connectivity index (χ3v) is 4.83. The zero-order chi connectivity index (χ0) is 17.1. The summed E-state index contributed by atoms with van der Waals surface area (Å²) in [5.41, 5.74) is 0.691. The largest absolute Gasteiger partial charge is 0.496 e. The lowest BCUT2D eigenvalue weighted by molar-refractivity contribution is -0.135. The van der Waals surface area contributed by atoms with Crippen molar-refractivity contribution >= 4 is 5.91 Å². The van der Waals surface area contributed by atoms with Gasteiger partial charge in [0.1, 0.15) is 17.7 Å². The number of ether oxygens (including phenoxy) is 3. The number of nitrogens with zero attached hydrogens (tertiary/aromatic N) is 1. The average molecular weight is 337 g/mol. The molecule has 0 radical (unpaired) electrons. The highest BCUT2D eigenvalue weighted by molar-refractivity contribution is 5.80. The van der Waals surface area contributed by atoms with Crippen LogP contribution in [0.5, 0.6) is 5.75 Å². The van der Waals surface area contributed by atoms with Crippen LogP contribution in [-0.2, 0) is 20.7 Å². The molecule has 1 saturated heterocycles. The monoisotopic (exact) mass is 337 g/mol. The van der Waals surface area contributed by atoms with E-state index >= 15 is 0 Å². The Balaban J connectivity index is 1.76. The quantitative estimate of drug-likeness (QED) is 0.826. The molecule has 0 aromatic heterocycles. The molecular weight excluding hydrogens is 313 g/mol. The Morgan fingerprint density at radius 1 is 1.42 bits per heavy atom. The number of rotatable bonds is 5. The van der Waals surface area contributed by atoms with Crippen LogP contribution in [0.15, 0.2) is 18.2 Å². The van der Waals surface area contributed by atoms with Crippen molar-refractivity contribution in [1.29, 1.82) is 0 Å². The van der Waals surface area contributed by atoms with Gasteiger partial charge in [-0.15, -0.1) is 0 Å². The summed E-state index contributed by atoms with van der Waals surface area (Å²) in [6.45, 7) is 3.65. The normalized spacial score (nSPS) is 26.3. The standard InChI is InChI=1S/C18H24FNO4/c1-3-23-18-14-6-7-15(18)24-9-8-20(14)17(21)10-12-4-5-13(19)11-16(12)22-2/h4-5,11,14-15,18H,3,6-10H2,1-2H3. The molecule has 132 valence electrons. The molecule has 1 saturated carbocycles. The topological polar surface area (TPSA) is 48.0 Å². The Morgan fingerprint density at radius 2 is 2.25 bits per heavy atom. The van der Waals surface area contributed by atoms with Crippen molar-refractivity contribution in [1.82, 2.24) is 4.90 Å². The molecule has 24 heavy (non-hydrogen) atoms. The average Bonchev–Trinajstić information content (AvgIpc) is 2.84. The van der Waals surface area contributed by atoms with Crippen LogP contribution in [0.3, 0.4) is 0 Å². The molecule has 1 aromatic carbocycles. The maximum Gasteiger partial charge on any atom is 0.227 e. The highest BCUT2D eigenvalue weighted by atomic mass is 19.1. The Kier molecular flexibility index (Phi) is 5.36. The fourth-order valence-corrected chi connectivity index (χ4v) is 3.74. The number of carbonyl (C=O) groups excluding carboxylic acids is 1. The highest BCUT2D eigenvalue weighted by Crippen LogP contribution is 2.32. The first-order valence-corrected chi connectivity index (χ1v) is 8.49. The summed E-state index contributed by atoms with van der Waals surface area (Å²) in [5, 5.41) is 0. The zero-order valence-corrected chi connectivity index (χ0v) is 14.2. The van der Waals surface area contributed by atoms with Crippen molar-refractivity contribution in [2.24, 2.45) is 0 Å². The first-order valence-electron chi connectivity index (χ1n) is 8.49. The maximum absolute atomic E-state index is 13.3. The molecule has 2 fully saturated rings. The van der Waals surface area contributed by atoms with Crippen molar-refractivity contribution in [3.8, 4) is 5.75 Å². The van der Waals surface area contributed by atoms with Crippen LogP contribution in [0.1, 0.15) is 25.3 Å². The van der Waals surface area contributed by atoms with E-state index in [1.807, 2.05) is 11.8 Å². The third kappa shape index (κ3) is 3.39. The fourth-order valence-electron chi connectivity index (χ4n) is 3.74. The van der Waals surface area contributed by atoms with Gasteiger partial charge in [-0.25, -0.2) is 4.39 Å². The predicted octanol–water partition coefficient (Wildman–Crippen LogP) is 2.17. The lowest BCUT2D eigenvalue weighted by Gasteiger charge is -2.31. The van der Waals surface area contributed by atoms with Gasteiger partial charge in [0.05, 0.1) is 32.3 Å². The number of carbonyl (C=O) groups is 1. The van der Waals surface area contributed by atoms with E-state index in [1.165, 1.54) is 19.2 Å². The molecule has 3 rings (SSSR count). The van der Waals surface area contributed by atoms with Crippen LogP contribution < -0.4 is 4.74 Å². The van der Waals surface area contributed by atoms with Gasteiger partial charge in [-0.2, -0.15) is 0 Å². The molecule has 2 bridgehead atoms. The van der Waals surface area contributed by atoms with Crippen LogP contribution in [0.4, 0.5) is 4.39 Å². The second-order valence-corrected chi connectivity index (χ2v) is 6.19. The van der Waals surface area contributed by atoms with Crippen LogP contribution in [0.25, 0.3) is 0 Å². The van der Waals surface area contributed by atoms with Crippen molar-refractivity contribution in [3.05, 3.63) is 29.6 Å². The van der Waals surface area contributed by atoms with Gasteiger partial charge < -0.3 is 19.1 Å². The first kappa shape index (κ1) is 17.2. The molecule has 1 aliphatic heterocycles. The lowest BCUT2D eigenvalue weighted by Crippen LogP contribution is -2.47. The van der Waals surface area contributed by atoms with E-state index < -0.39 is 0 Å². The Bertz CT molecular complexity index is 594. The molecule has 0 N–H and O–H groups in total. The van der Waals surface area contributed by atoms with Crippen LogP contribution in [0.2, 0.25) is 0 Å². The first-order chi connectivity index (χ1) is 11.6. The molecule has 5 nitrogen and oxygen atoms in total. The third-order valence-electron chi connectivity index (χ3n) is 4.83. The minimum Gasteiger partial charge on any atom is -0.496 e. The van der Waals surface area contributed by atoms with E-state index in [4.69, 9.17) is 14.2 Å². The predicted molar refractivity (Wildman–Crippen MR) is 86.5 cm³/mol. The van der Waals surface area contributed by atoms with E-state index in [2.05, 4.69) is 0 Å². The summed E-state index contributed by atoms with van der Waals surface area (Å²) in [4.78, 5) is 14.7. The van der Waals surface area contributed by atoms with Gasteiger partial charge in [0, 0.05) is 24.8 Å². The van der Waals surface area contributed by atoms with Gasteiger partial charge in [0.15, 0.2) is 0 Å². The highest BCUT2D eigenvalue weighted by Gasteiger charge is 2.44. The lowest BCUT2D eigenvalue weighted by atomic mass is 10.1. The van der Waals surface area contributed by atoms with E-state index in [0.29, 0.717) is 31.1 Å². The number of benzene rings is 1. The summed E-state index contributed by atoms with van der Waals surface area (Å²) < 4.78 is 30.2. The van der Waals surface area contributed by atoms with Crippen molar-refractivity contribution < 1.29 is 23.4 Å². The molecule has 6 heteroatoms. The number of amides is 1. The van der Waals surface area contributed by atoms with Crippen molar-refractivity contribution in [2.45, 2.75) is 44.4 Å². The molecule has 1 heterocycles. The van der Waals surface area contributed by atoms with Gasteiger partial charge in [-0.1, -0.05) is 6.07 Å². The minimum atomic E-state index is -0.374. The number of fused-ring (bicyclic) bond motifs is 2. The summed E-state index contributed by atoms with van der Waals surface area (Å²) in [6.07, 6.45) is 2.01. The minimum absolute atomic E-state index is 0.000705. The van der Waals surface area contributed by atoms with E-state index in [1.54, 1.807) is 6.07 Å². The molecular formula is C18H24FNO4. The molecule has 2 aliphatic rings. The number of methoxy groups -OCH3 is 1. The van der Waals surface area contributed by atoms with Gasteiger partial charge in [0.25, 0.3) is 0 Å². The SMILES string of the molecule is CCOC1C2CCC1N(C(=O)Cc1ccc(F)cc1OC)CCO2. The Labute approximate surface area is 141 Å². The van der Waals surface area contributed by atoms with Crippen LogP contribution >= 0.6 is 0 Å². The van der Waals surface area contributed by atoms with Crippen molar-refractivity contribution in [2.75, 3.05) is 26.9 Å². The summed E-state index contributed by atoms with van der Waals surface area (Å²) in [7, 11) is 1.48. The Morgan fingerprint density at radius 3 is 3.00 bits per heavy atom. The second kappa shape index (κ2) is 7.49. The molecule has 3 unspecified atom stereocenters. The smallest absolute Gasteiger partial charge is 0.227 e. The molecule has 3 atom stereocenters. The molecule has 0 spiro atoms. The van der Waals surface area contributed by atoms with Gasteiger partial charge in [-0.3, -0.25) is 4.79 Å². The summed E-state index contributed by atoms with van der Waals surface area (Å²) in [6, 6.07) is 4.32. The Hall–Kier alpha value is -1.66. The van der Waals surface area contributed by atoms with E-state index in [-0.39, 0.29) is 36.4 Å². The van der Waals surface area contributed by atoms with Crippen LogP contribution in [0, 0.1) is 5.82 Å².